The third kappa shape index (κ3) is 3.52. The van der Waals surface area contributed by atoms with Crippen LogP contribution in [0.4, 0.5) is 13.2 Å². The molecular formula is C19H24F3NO2S. The summed E-state index contributed by atoms with van der Waals surface area (Å²) in [6.45, 7) is 1.87. The molecule has 4 rings (SSSR count). The highest BCUT2D eigenvalue weighted by atomic mass is 32.2. The monoisotopic (exact) mass is 387 g/mol. The van der Waals surface area contributed by atoms with Crippen molar-refractivity contribution in [1.29, 1.82) is 0 Å². The second-order valence-electron chi connectivity index (χ2n) is 8.38. The highest BCUT2D eigenvalue weighted by Crippen LogP contribution is 2.44. The molecule has 0 unspecified atom stereocenters. The summed E-state index contributed by atoms with van der Waals surface area (Å²) in [4.78, 5) is 2.46. The van der Waals surface area contributed by atoms with Crippen LogP contribution in [0.1, 0.15) is 49.1 Å². The molecule has 144 valence electrons. The smallest absolute Gasteiger partial charge is 0.300 e. The Morgan fingerprint density at radius 2 is 1.62 bits per heavy atom. The Bertz CT molecular complexity index is 753. The lowest BCUT2D eigenvalue weighted by molar-refractivity contribution is -0.137. The standard InChI is InChI=1S/C19H24F3NO2S/c20-19(21,22)16-5-1-14(2-6-16)15-3-7-17(8-4-15)23-10-9-18(11-23)12-26(24,25)13-18/h1-2,5-6,15,17H,3-4,7-13H2/t15-,17-. The van der Waals surface area contributed by atoms with E-state index in [1.807, 2.05) is 0 Å². The van der Waals surface area contributed by atoms with E-state index in [1.54, 1.807) is 12.1 Å². The minimum Gasteiger partial charge on any atom is -0.300 e. The third-order valence-electron chi connectivity index (χ3n) is 6.44. The van der Waals surface area contributed by atoms with E-state index in [-0.39, 0.29) is 5.41 Å². The second-order valence-corrected chi connectivity index (χ2v) is 10.4. The number of likely N-dealkylation sites (tertiary alicyclic amines) is 1. The molecule has 0 amide bonds. The van der Waals surface area contributed by atoms with E-state index in [0.717, 1.165) is 50.8 Å². The van der Waals surface area contributed by atoms with Crippen molar-refractivity contribution in [3.8, 4) is 0 Å². The molecule has 3 aliphatic rings. The van der Waals surface area contributed by atoms with Crippen LogP contribution in [0.15, 0.2) is 24.3 Å². The van der Waals surface area contributed by atoms with Gasteiger partial charge in [-0.3, -0.25) is 4.90 Å². The largest absolute Gasteiger partial charge is 0.416 e. The Labute approximate surface area is 152 Å². The maximum atomic E-state index is 12.7. The van der Waals surface area contributed by atoms with Crippen LogP contribution >= 0.6 is 0 Å². The van der Waals surface area contributed by atoms with E-state index in [1.165, 1.54) is 12.1 Å². The van der Waals surface area contributed by atoms with Crippen molar-refractivity contribution in [3.63, 3.8) is 0 Å². The zero-order valence-electron chi connectivity index (χ0n) is 14.6. The summed E-state index contributed by atoms with van der Waals surface area (Å²) in [6.07, 6.45) is 0.737. The maximum Gasteiger partial charge on any atom is 0.416 e. The molecule has 3 fully saturated rings. The van der Waals surface area contributed by atoms with Gasteiger partial charge in [0.05, 0.1) is 17.1 Å². The van der Waals surface area contributed by atoms with E-state index in [4.69, 9.17) is 0 Å². The average Bonchev–Trinajstić information content (AvgIpc) is 2.98. The van der Waals surface area contributed by atoms with E-state index < -0.39 is 21.6 Å². The topological polar surface area (TPSA) is 37.4 Å². The summed E-state index contributed by atoms with van der Waals surface area (Å²) in [6, 6.07) is 6.10. The van der Waals surface area contributed by atoms with Gasteiger partial charge in [-0.1, -0.05) is 12.1 Å². The number of hydrogen-bond donors (Lipinski definition) is 0. The van der Waals surface area contributed by atoms with Crippen LogP contribution in [-0.2, 0) is 16.0 Å². The van der Waals surface area contributed by atoms with Crippen LogP contribution in [0, 0.1) is 5.41 Å². The van der Waals surface area contributed by atoms with Crippen molar-refractivity contribution in [1.82, 2.24) is 4.90 Å². The number of nitrogens with zero attached hydrogens (tertiary/aromatic N) is 1. The molecule has 0 N–H and O–H groups in total. The third-order valence-corrected chi connectivity index (χ3v) is 8.55. The number of benzene rings is 1. The molecule has 0 atom stereocenters. The Morgan fingerprint density at radius 1 is 1.00 bits per heavy atom. The van der Waals surface area contributed by atoms with Crippen LogP contribution in [0.5, 0.6) is 0 Å². The molecule has 7 heteroatoms. The summed E-state index contributed by atoms with van der Waals surface area (Å²) < 4.78 is 61.1. The predicted octanol–water partition coefficient (Wildman–Crippen LogP) is 3.85. The first-order valence-electron chi connectivity index (χ1n) is 9.28. The van der Waals surface area contributed by atoms with Crippen molar-refractivity contribution in [2.24, 2.45) is 5.41 Å². The van der Waals surface area contributed by atoms with Crippen LogP contribution in [0.3, 0.4) is 0 Å². The number of hydrogen-bond acceptors (Lipinski definition) is 3. The minimum atomic E-state index is -4.28. The van der Waals surface area contributed by atoms with Crippen molar-refractivity contribution in [2.75, 3.05) is 24.6 Å². The van der Waals surface area contributed by atoms with Crippen LogP contribution in [0.25, 0.3) is 0 Å². The molecule has 2 saturated heterocycles. The molecule has 3 nitrogen and oxygen atoms in total. The number of alkyl halides is 3. The number of rotatable bonds is 2. The molecule has 1 aromatic carbocycles. The minimum absolute atomic E-state index is 0.00308. The van der Waals surface area contributed by atoms with Gasteiger partial charge in [0.1, 0.15) is 0 Å². The van der Waals surface area contributed by atoms with Crippen molar-refractivity contribution in [3.05, 3.63) is 35.4 Å². The van der Waals surface area contributed by atoms with Gasteiger partial charge in [-0.2, -0.15) is 13.2 Å². The van der Waals surface area contributed by atoms with E-state index in [2.05, 4.69) is 4.90 Å². The van der Waals surface area contributed by atoms with Gasteiger partial charge < -0.3 is 0 Å². The van der Waals surface area contributed by atoms with Gasteiger partial charge in [-0.05, 0) is 62.3 Å². The SMILES string of the molecule is O=S1(=O)CC2(CCN([C@H]3CC[C@H](c4ccc(C(F)(F)F)cc4)CC3)C2)C1. The molecule has 26 heavy (non-hydrogen) atoms. The molecule has 0 radical (unpaired) electrons. The summed E-state index contributed by atoms with van der Waals surface area (Å²) in [7, 11) is -2.79. The van der Waals surface area contributed by atoms with Crippen molar-refractivity contribution >= 4 is 9.84 Å². The fourth-order valence-corrected chi connectivity index (χ4v) is 7.38. The number of sulfone groups is 1. The van der Waals surface area contributed by atoms with Crippen LogP contribution in [-0.4, -0.2) is 44.0 Å². The zero-order chi connectivity index (χ0) is 18.6. The first kappa shape index (κ1) is 18.3. The Balaban J connectivity index is 1.32. The lowest BCUT2D eigenvalue weighted by Gasteiger charge is -2.40. The molecule has 2 aliphatic heterocycles. The average molecular weight is 387 g/mol. The van der Waals surface area contributed by atoms with E-state index in [0.29, 0.717) is 23.5 Å². The van der Waals surface area contributed by atoms with Crippen molar-refractivity contribution in [2.45, 2.75) is 50.2 Å². The highest BCUT2D eigenvalue weighted by molar-refractivity contribution is 7.92. The molecule has 0 aromatic heterocycles. The maximum absolute atomic E-state index is 12.7. The molecular weight excluding hydrogens is 363 g/mol. The van der Waals surface area contributed by atoms with Gasteiger partial charge in [0.25, 0.3) is 0 Å². The molecule has 2 heterocycles. The Kier molecular flexibility index (Phi) is 4.38. The molecule has 0 bridgehead atoms. The van der Waals surface area contributed by atoms with Gasteiger partial charge in [0, 0.05) is 18.0 Å². The highest BCUT2D eigenvalue weighted by Gasteiger charge is 2.52. The van der Waals surface area contributed by atoms with Crippen LogP contribution in [0.2, 0.25) is 0 Å². The molecule has 1 aromatic rings. The normalized spacial score (nSPS) is 31.0. The number of halogens is 3. The Morgan fingerprint density at radius 3 is 2.15 bits per heavy atom. The van der Waals surface area contributed by atoms with Gasteiger partial charge in [-0.25, -0.2) is 8.42 Å². The van der Waals surface area contributed by atoms with E-state index >= 15 is 0 Å². The van der Waals surface area contributed by atoms with E-state index in [9.17, 15) is 21.6 Å². The zero-order valence-corrected chi connectivity index (χ0v) is 15.5. The summed E-state index contributed by atoms with van der Waals surface area (Å²) in [5.41, 5.74) is 0.413. The lowest BCUT2D eigenvalue weighted by Crippen LogP contribution is -2.51. The van der Waals surface area contributed by atoms with Gasteiger partial charge in [0.2, 0.25) is 0 Å². The fraction of sp³-hybridized carbons (Fsp3) is 0.684. The second kappa shape index (κ2) is 6.23. The van der Waals surface area contributed by atoms with Gasteiger partial charge in [-0.15, -0.1) is 0 Å². The quantitative estimate of drug-likeness (QED) is 0.774. The van der Waals surface area contributed by atoms with Crippen molar-refractivity contribution < 1.29 is 21.6 Å². The molecule has 1 saturated carbocycles. The molecule has 1 spiro atoms. The fourth-order valence-electron chi connectivity index (χ4n) is 5.13. The summed E-state index contributed by atoms with van der Waals surface area (Å²) >= 11 is 0. The lowest BCUT2D eigenvalue weighted by atomic mass is 9.81. The predicted molar refractivity (Wildman–Crippen MR) is 93.7 cm³/mol. The summed E-state index contributed by atoms with van der Waals surface area (Å²) in [5.74, 6) is 1.02. The molecule has 1 aliphatic carbocycles. The summed E-state index contributed by atoms with van der Waals surface area (Å²) in [5, 5.41) is 0. The van der Waals surface area contributed by atoms with Gasteiger partial charge in [0.15, 0.2) is 9.84 Å². The Hall–Kier alpha value is -1.08. The first-order valence-corrected chi connectivity index (χ1v) is 11.1. The van der Waals surface area contributed by atoms with Gasteiger partial charge >= 0.3 is 6.18 Å². The first-order chi connectivity index (χ1) is 12.2. The van der Waals surface area contributed by atoms with Crippen LogP contribution < -0.4 is 0 Å².